The van der Waals surface area contributed by atoms with Gasteiger partial charge in [-0.3, -0.25) is 9.78 Å². The average Bonchev–Trinajstić information content (AvgIpc) is 2.84. The summed E-state index contributed by atoms with van der Waals surface area (Å²) in [6, 6.07) is 20.8. The van der Waals surface area contributed by atoms with Crippen LogP contribution < -0.4 is 15.4 Å². The van der Waals surface area contributed by atoms with Gasteiger partial charge in [-0.25, -0.2) is 0 Å². The number of benzene rings is 2. The molecule has 1 saturated carbocycles. The van der Waals surface area contributed by atoms with Crippen LogP contribution in [0.25, 0.3) is 11.3 Å². The van der Waals surface area contributed by atoms with Gasteiger partial charge >= 0.3 is 5.97 Å². The molecule has 6 nitrogen and oxygen atoms in total. The van der Waals surface area contributed by atoms with E-state index in [0.29, 0.717) is 12.0 Å². The molecule has 1 aliphatic rings. The molecule has 2 aromatic carbocycles. The second kappa shape index (κ2) is 10.3. The standard InChI is InChI=1S/C26H29N3O3/c1-32-24-15-23(29-22-5-3-2-4-6-22)16-28-26(24)20-9-7-18(8-10-20)19-11-13-21(14-12-19)27-17-25(30)31/h2-10,15-16,19,21,27,29H,11-14,17H2,1H3,(H,30,31)/t19-,21-. The van der Waals surface area contributed by atoms with Gasteiger partial charge in [-0.1, -0.05) is 42.5 Å². The fraction of sp³-hybridized carbons (Fsp3) is 0.308. The Balaban J connectivity index is 1.42. The van der Waals surface area contributed by atoms with Crippen LogP contribution in [0.5, 0.6) is 5.75 Å². The number of hydrogen-bond acceptors (Lipinski definition) is 5. The Morgan fingerprint density at radius 1 is 1.03 bits per heavy atom. The Morgan fingerprint density at radius 2 is 1.75 bits per heavy atom. The van der Waals surface area contributed by atoms with E-state index in [4.69, 9.17) is 9.84 Å². The molecule has 0 spiro atoms. The van der Waals surface area contributed by atoms with E-state index in [1.54, 1.807) is 7.11 Å². The molecule has 3 aromatic rings. The maximum Gasteiger partial charge on any atom is 0.317 e. The summed E-state index contributed by atoms with van der Waals surface area (Å²) in [5.74, 6) is 0.443. The van der Waals surface area contributed by atoms with E-state index in [1.165, 1.54) is 5.56 Å². The predicted molar refractivity (Wildman–Crippen MR) is 127 cm³/mol. The Hall–Kier alpha value is -3.38. The summed E-state index contributed by atoms with van der Waals surface area (Å²) in [7, 11) is 1.66. The van der Waals surface area contributed by atoms with Gasteiger partial charge in [0, 0.05) is 23.4 Å². The predicted octanol–water partition coefficient (Wildman–Crippen LogP) is 5.20. The van der Waals surface area contributed by atoms with Crippen LogP contribution in [0.1, 0.15) is 37.2 Å². The summed E-state index contributed by atoms with van der Waals surface area (Å²) in [5, 5.41) is 15.3. The third-order valence-electron chi connectivity index (χ3n) is 6.06. The number of para-hydroxylation sites is 1. The number of anilines is 2. The van der Waals surface area contributed by atoms with Gasteiger partial charge in [-0.2, -0.15) is 0 Å². The van der Waals surface area contributed by atoms with Gasteiger partial charge in [0.25, 0.3) is 0 Å². The first kappa shape index (κ1) is 21.8. The second-order valence-electron chi connectivity index (χ2n) is 8.21. The van der Waals surface area contributed by atoms with Crippen LogP contribution in [0.2, 0.25) is 0 Å². The van der Waals surface area contributed by atoms with Crippen LogP contribution in [0.3, 0.4) is 0 Å². The minimum Gasteiger partial charge on any atom is -0.494 e. The van der Waals surface area contributed by atoms with Gasteiger partial charge in [-0.15, -0.1) is 0 Å². The van der Waals surface area contributed by atoms with Crippen LogP contribution in [-0.4, -0.2) is 35.8 Å². The Labute approximate surface area is 188 Å². The molecule has 3 N–H and O–H groups in total. The molecule has 6 heteroatoms. The molecule has 0 aliphatic heterocycles. The minimum absolute atomic E-state index is 0.0402. The van der Waals surface area contributed by atoms with E-state index >= 15 is 0 Å². The van der Waals surface area contributed by atoms with Gasteiger partial charge in [0.15, 0.2) is 0 Å². The van der Waals surface area contributed by atoms with E-state index in [-0.39, 0.29) is 6.54 Å². The molecule has 0 radical (unpaired) electrons. The first-order chi connectivity index (χ1) is 15.6. The van der Waals surface area contributed by atoms with Gasteiger partial charge in [-0.05, 0) is 49.3 Å². The van der Waals surface area contributed by atoms with Crippen molar-refractivity contribution in [1.29, 1.82) is 0 Å². The van der Waals surface area contributed by atoms with Crippen LogP contribution >= 0.6 is 0 Å². The molecular formula is C26H29N3O3. The maximum absolute atomic E-state index is 10.7. The fourth-order valence-corrected chi connectivity index (χ4v) is 4.35. The molecule has 166 valence electrons. The molecule has 0 amide bonds. The lowest BCUT2D eigenvalue weighted by molar-refractivity contribution is -0.136. The number of rotatable bonds is 8. The van der Waals surface area contributed by atoms with Crippen molar-refractivity contribution in [1.82, 2.24) is 10.3 Å². The van der Waals surface area contributed by atoms with Crippen molar-refractivity contribution in [2.75, 3.05) is 19.0 Å². The lowest BCUT2D eigenvalue weighted by Gasteiger charge is -2.29. The topological polar surface area (TPSA) is 83.5 Å². The van der Waals surface area contributed by atoms with Crippen LogP contribution in [0, 0.1) is 0 Å². The number of aromatic nitrogens is 1. The third-order valence-corrected chi connectivity index (χ3v) is 6.06. The van der Waals surface area contributed by atoms with E-state index < -0.39 is 5.97 Å². The van der Waals surface area contributed by atoms with Crippen molar-refractivity contribution in [3.63, 3.8) is 0 Å². The van der Waals surface area contributed by atoms with Gasteiger partial charge in [0.05, 0.1) is 25.5 Å². The summed E-state index contributed by atoms with van der Waals surface area (Å²) in [6.07, 6.45) is 5.97. The summed E-state index contributed by atoms with van der Waals surface area (Å²) in [5.41, 5.74) is 5.04. The molecule has 4 rings (SSSR count). The van der Waals surface area contributed by atoms with Crippen molar-refractivity contribution in [3.05, 3.63) is 72.4 Å². The zero-order valence-electron chi connectivity index (χ0n) is 18.3. The highest BCUT2D eigenvalue weighted by molar-refractivity contribution is 5.71. The lowest BCUT2D eigenvalue weighted by atomic mass is 9.81. The largest absolute Gasteiger partial charge is 0.494 e. The Kier molecular flexibility index (Phi) is 7.02. The molecule has 0 bridgehead atoms. The average molecular weight is 432 g/mol. The van der Waals surface area contributed by atoms with Crippen molar-refractivity contribution in [2.24, 2.45) is 0 Å². The summed E-state index contributed by atoms with van der Waals surface area (Å²) in [6.45, 7) is 0.0402. The van der Waals surface area contributed by atoms with Crippen LogP contribution in [0.15, 0.2) is 66.9 Å². The second-order valence-corrected chi connectivity index (χ2v) is 8.21. The van der Waals surface area contributed by atoms with Crippen LogP contribution in [-0.2, 0) is 4.79 Å². The quantitative estimate of drug-likeness (QED) is 0.455. The van der Waals surface area contributed by atoms with E-state index in [9.17, 15) is 4.79 Å². The number of nitrogens with one attached hydrogen (secondary N) is 2. The molecule has 1 aliphatic carbocycles. The number of carbonyl (C=O) groups is 1. The number of ether oxygens (including phenoxy) is 1. The fourth-order valence-electron chi connectivity index (χ4n) is 4.35. The number of methoxy groups -OCH3 is 1. The van der Waals surface area contributed by atoms with E-state index in [1.807, 2.05) is 42.6 Å². The Bertz CT molecular complexity index is 1030. The first-order valence-electron chi connectivity index (χ1n) is 11.0. The molecule has 0 atom stereocenters. The normalized spacial score (nSPS) is 18.2. The third kappa shape index (κ3) is 5.45. The SMILES string of the molecule is COc1cc(Nc2ccccc2)cnc1-c1ccc([C@H]2CC[C@H](NCC(=O)O)CC2)cc1. The molecule has 1 heterocycles. The maximum atomic E-state index is 10.7. The molecule has 32 heavy (non-hydrogen) atoms. The van der Waals surface area contributed by atoms with E-state index in [0.717, 1.165) is 54.1 Å². The monoisotopic (exact) mass is 431 g/mol. The van der Waals surface area contributed by atoms with Crippen molar-refractivity contribution in [2.45, 2.75) is 37.6 Å². The first-order valence-corrected chi connectivity index (χ1v) is 11.0. The molecule has 0 saturated heterocycles. The number of aliphatic carboxylic acids is 1. The summed E-state index contributed by atoms with van der Waals surface area (Å²) >= 11 is 0. The number of carboxylic acid groups (broad SMARTS) is 1. The van der Waals surface area contributed by atoms with Crippen molar-refractivity contribution < 1.29 is 14.6 Å². The van der Waals surface area contributed by atoms with Crippen molar-refractivity contribution in [3.8, 4) is 17.0 Å². The smallest absolute Gasteiger partial charge is 0.317 e. The summed E-state index contributed by atoms with van der Waals surface area (Å²) < 4.78 is 5.63. The van der Waals surface area contributed by atoms with Gasteiger partial charge in [0.2, 0.25) is 0 Å². The highest BCUT2D eigenvalue weighted by Crippen LogP contribution is 2.35. The van der Waals surface area contributed by atoms with Gasteiger partial charge < -0.3 is 20.5 Å². The summed E-state index contributed by atoms with van der Waals surface area (Å²) in [4.78, 5) is 15.4. The molecule has 1 aromatic heterocycles. The highest BCUT2D eigenvalue weighted by atomic mass is 16.5. The van der Waals surface area contributed by atoms with E-state index in [2.05, 4.69) is 39.9 Å². The van der Waals surface area contributed by atoms with Crippen LogP contribution in [0.4, 0.5) is 11.4 Å². The Morgan fingerprint density at radius 3 is 2.41 bits per heavy atom. The zero-order valence-corrected chi connectivity index (χ0v) is 18.3. The lowest BCUT2D eigenvalue weighted by Crippen LogP contribution is -2.36. The number of pyridine rings is 1. The molecule has 1 fully saturated rings. The zero-order chi connectivity index (χ0) is 22.3. The molecular weight excluding hydrogens is 402 g/mol. The highest BCUT2D eigenvalue weighted by Gasteiger charge is 2.22. The van der Waals surface area contributed by atoms with Gasteiger partial charge in [0.1, 0.15) is 11.4 Å². The number of nitrogens with zero attached hydrogens (tertiary/aromatic N) is 1. The van der Waals surface area contributed by atoms with Crippen molar-refractivity contribution >= 4 is 17.3 Å². The number of hydrogen-bond donors (Lipinski definition) is 3. The number of carboxylic acids is 1. The minimum atomic E-state index is -0.796. The molecule has 0 unspecified atom stereocenters.